The van der Waals surface area contributed by atoms with Crippen molar-refractivity contribution in [1.82, 2.24) is 5.32 Å². The number of nitrogens with zero attached hydrogens (tertiary/aromatic N) is 1. The zero-order valence-corrected chi connectivity index (χ0v) is 25.0. The smallest absolute Gasteiger partial charge is 0.427 e. The van der Waals surface area contributed by atoms with Crippen LogP contribution >= 0.6 is 7.37 Å². The second-order valence-electron chi connectivity index (χ2n) is 11.5. The molecule has 1 aliphatic rings. The Hall–Kier alpha value is -3.33. The van der Waals surface area contributed by atoms with E-state index in [0.717, 1.165) is 5.56 Å². The number of quaternary nitrogens is 1. The maximum absolute atomic E-state index is 13.8. The minimum atomic E-state index is -4.39. The molecule has 1 aliphatic heterocycles. The normalized spacial score (nSPS) is 20.9. The number of esters is 1. The van der Waals surface area contributed by atoms with E-state index >= 15 is 0 Å². The van der Waals surface area contributed by atoms with Crippen LogP contribution in [0.4, 0.5) is 4.79 Å². The molecule has 2 aromatic rings. The van der Waals surface area contributed by atoms with E-state index < -0.39 is 65.9 Å². The van der Waals surface area contributed by atoms with Gasteiger partial charge in [-0.15, -0.1) is 0 Å². The Morgan fingerprint density at radius 1 is 1.02 bits per heavy atom. The summed E-state index contributed by atoms with van der Waals surface area (Å²) < 4.78 is 23.3. The quantitative estimate of drug-likeness (QED) is 0.174. The Labute approximate surface area is 241 Å². The highest BCUT2D eigenvalue weighted by Gasteiger charge is 2.56. The van der Waals surface area contributed by atoms with E-state index in [1.54, 1.807) is 58.0 Å². The molecule has 1 saturated heterocycles. The molecule has 3 amide bonds. The molecule has 0 spiro atoms. The molecular weight excluding hydrogens is 547 g/mol. The van der Waals surface area contributed by atoms with Crippen molar-refractivity contribution in [3.8, 4) is 0 Å². The van der Waals surface area contributed by atoms with Gasteiger partial charge in [-0.2, -0.15) is 9.28 Å². The monoisotopic (exact) mass is 587 g/mol. The van der Waals surface area contributed by atoms with Crippen LogP contribution in [0.5, 0.6) is 0 Å². The Morgan fingerprint density at radius 3 is 2.20 bits per heavy atom. The summed E-state index contributed by atoms with van der Waals surface area (Å²) in [6, 6.07) is 17.1. The van der Waals surface area contributed by atoms with Crippen LogP contribution in [0.3, 0.4) is 0 Å². The molecule has 2 aromatic carbocycles. The van der Waals surface area contributed by atoms with Gasteiger partial charge in [0.2, 0.25) is 14.2 Å². The van der Waals surface area contributed by atoms with E-state index in [1.807, 2.05) is 30.3 Å². The number of amides is 3. The maximum Gasteiger partial charge on any atom is 0.526 e. The molecule has 3 rings (SSSR count). The highest BCUT2D eigenvalue weighted by atomic mass is 31.2. The van der Waals surface area contributed by atoms with E-state index in [1.165, 1.54) is 0 Å². The molecule has 1 fully saturated rings. The first-order valence-electron chi connectivity index (χ1n) is 13.7. The van der Waals surface area contributed by atoms with Crippen molar-refractivity contribution in [2.24, 2.45) is 5.41 Å². The molecule has 0 aromatic heterocycles. The Balaban J connectivity index is 1.80. The number of rotatable bonds is 10. The number of aryl methyl sites for hydroxylation is 1. The summed E-state index contributed by atoms with van der Waals surface area (Å²) in [5, 5.41) is 2.67. The first-order chi connectivity index (χ1) is 19.3. The number of carbonyl (C=O) groups excluding carboxylic acids is 4. The third kappa shape index (κ3) is 8.12. The molecule has 0 radical (unpaired) electrons. The lowest BCUT2D eigenvalue weighted by Gasteiger charge is -2.33. The van der Waals surface area contributed by atoms with Crippen LogP contribution in [0.2, 0.25) is 0 Å². The van der Waals surface area contributed by atoms with Crippen LogP contribution in [0.1, 0.15) is 62.9 Å². The van der Waals surface area contributed by atoms with Crippen LogP contribution in [0.15, 0.2) is 60.7 Å². The first-order valence-corrected chi connectivity index (χ1v) is 15.7. The van der Waals surface area contributed by atoms with Crippen molar-refractivity contribution >= 4 is 31.2 Å². The van der Waals surface area contributed by atoms with E-state index in [2.05, 4.69) is 5.32 Å². The molecule has 3 unspecified atom stereocenters. The van der Waals surface area contributed by atoms with Crippen LogP contribution < -0.4 is 5.32 Å². The molecule has 11 heteroatoms. The summed E-state index contributed by atoms with van der Waals surface area (Å²) in [6.45, 7) is 6.10. The minimum Gasteiger partial charge on any atom is -0.427 e. The van der Waals surface area contributed by atoms with Gasteiger partial charge in [0.1, 0.15) is 18.0 Å². The van der Waals surface area contributed by atoms with E-state index in [-0.39, 0.29) is 13.0 Å². The average Bonchev–Trinajstić information content (AvgIpc) is 3.33. The van der Waals surface area contributed by atoms with Crippen molar-refractivity contribution in [2.45, 2.75) is 65.2 Å². The van der Waals surface area contributed by atoms with Gasteiger partial charge in [-0.1, -0.05) is 48.5 Å². The summed E-state index contributed by atoms with van der Waals surface area (Å²) in [5.41, 5.74) is 0.411. The maximum atomic E-state index is 13.8. The third-order valence-electron chi connectivity index (χ3n) is 7.37. The molecule has 10 nitrogen and oxygen atoms in total. The molecule has 1 heterocycles. The molecular formula is C30H40N2O8P+. The van der Waals surface area contributed by atoms with Gasteiger partial charge >= 0.3 is 18.0 Å². The number of hydrogen-bond donors (Lipinski definition) is 2. The molecule has 0 saturated carbocycles. The average molecular weight is 588 g/mol. The number of nitrogens with one attached hydrogen (secondary N) is 1. The van der Waals surface area contributed by atoms with Gasteiger partial charge in [0.15, 0.2) is 0 Å². The second kappa shape index (κ2) is 13.6. The second-order valence-corrected chi connectivity index (χ2v) is 13.9. The van der Waals surface area contributed by atoms with E-state index in [0.29, 0.717) is 24.8 Å². The summed E-state index contributed by atoms with van der Waals surface area (Å²) in [6.07, 6.45) is -0.218. The summed E-state index contributed by atoms with van der Waals surface area (Å²) in [4.78, 5) is 63.4. The fraction of sp³-hybridized carbons (Fsp3) is 0.467. The van der Waals surface area contributed by atoms with Crippen LogP contribution in [-0.2, 0) is 30.0 Å². The lowest BCUT2D eigenvalue weighted by atomic mass is 9.98. The number of hydrogen-bond acceptors (Lipinski definition) is 7. The van der Waals surface area contributed by atoms with Crippen LogP contribution in [0.25, 0.3) is 0 Å². The van der Waals surface area contributed by atoms with Crippen molar-refractivity contribution < 1.29 is 42.6 Å². The largest absolute Gasteiger partial charge is 0.526 e. The van der Waals surface area contributed by atoms with Crippen molar-refractivity contribution in [1.29, 1.82) is 0 Å². The van der Waals surface area contributed by atoms with Gasteiger partial charge in [-0.3, -0.25) is 14.2 Å². The third-order valence-corrected chi connectivity index (χ3v) is 9.46. The molecule has 2 N–H and O–H groups in total. The van der Waals surface area contributed by atoms with Crippen molar-refractivity contribution in [2.75, 3.05) is 19.5 Å². The summed E-state index contributed by atoms with van der Waals surface area (Å²) in [5.74, 6) is -3.12. The molecule has 41 heavy (non-hydrogen) atoms. The van der Waals surface area contributed by atoms with Gasteiger partial charge in [0.25, 0.3) is 5.91 Å². The van der Waals surface area contributed by atoms with Gasteiger partial charge in [0, 0.05) is 18.4 Å². The fourth-order valence-corrected chi connectivity index (χ4v) is 6.57. The predicted octanol–water partition coefficient (Wildman–Crippen LogP) is 4.85. The van der Waals surface area contributed by atoms with Crippen molar-refractivity contribution in [3.63, 3.8) is 0 Å². The van der Waals surface area contributed by atoms with Gasteiger partial charge in [-0.25, -0.2) is 4.79 Å². The topological polar surface area (TPSA) is 136 Å². The van der Waals surface area contributed by atoms with E-state index in [9.17, 15) is 28.6 Å². The SMILES string of the molecule is C[C@@H]1CCC[N+]1(C(=O)CP(=O)(O)C(CCc1ccccc1)NC(=O)c1ccccc1)C(=O)OCOC(=O)C(C)(C)C. The number of imide groups is 1. The Kier molecular flexibility index (Phi) is 10.6. The first kappa shape index (κ1) is 32.2. The zero-order chi connectivity index (χ0) is 30.3. The van der Waals surface area contributed by atoms with Gasteiger partial charge in [0.05, 0.1) is 12.0 Å². The van der Waals surface area contributed by atoms with E-state index in [4.69, 9.17) is 9.47 Å². The highest BCUT2D eigenvalue weighted by molar-refractivity contribution is 7.59. The molecule has 222 valence electrons. The standard InChI is InChI=1S/C30H39N2O8P/c1-22-12-11-19-32(22,29(36)40-21-39-28(35)30(2,3)4)26(33)20-41(37,38)25(18-17-23-13-7-5-8-14-23)31-27(34)24-15-9-6-10-16-24/h5-10,13-16,22,25H,11-12,17-21H2,1-4H3,(H-,31,34,37,38)/p+1/t22-,25?,32?/m1/s1. The number of carbonyl (C=O) groups is 4. The molecule has 4 atom stereocenters. The summed E-state index contributed by atoms with van der Waals surface area (Å²) in [7, 11) is -4.39. The van der Waals surface area contributed by atoms with Gasteiger partial charge < -0.3 is 19.7 Å². The molecule has 0 bridgehead atoms. The summed E-state index contributed by atoms with van der Waals surface area (Å²) >= 11 is 0. The minimum absolute atomic E-state index is 0.0944. The van der Waals surface area contributed by atoms with Gasteiger partial charge in [-0.05, 0) is 58.2 Å². The number of likely N-dealkylation sites (tertiary alicyclic amines) is 1. The van der Waals surface area contributed by atoms with Crippen molar-refractivity contribution in [3.05, 3.63) is 71.8 Å². The number of ether oxygens (including phenoxy) is 2. The highest BCUT2D eigenvalue weighted by Crippen LogP contribution is 2.48. The van der Waals surface area contributed by atoms with Crippen LogP contribution in [0, 0.1) is 5.41 Å². The predicted molar refractivity (Wildman–Crippen MR) is 153 cm³/mol. The Morgan fingerprint density at radius 2 is 1.63 bits per heavy atom. The zero-order valence-electron chi connectivity index (χ0n) is 24.1. The lowest BCUT2D eigenvalue weighted by molar-refractivity contribution is -0.792. The fourth-order valence-electron chi connectivity index (χ4n) is 4.86. The number of benzene rings is 2. The van der Waals surface area contributed by atoms with Crippen LogP contribution in [-0.4, -0.2) is 64.6 Å². The lowest BCUT2D eigenvalue weighted by Crippen LogP contribution is -2.60. The Bertz CT molecular complexity index is 1280. The molecule has 0 aliphatic carbocycles.